The average Bonchev–Trinajstić information content (AvgIpc) is 3.35. The van der Waals surface area contributed by atoms with E-state index in [9.17, 15) is 19.4 Å². The summed E-state index contributed by atoms with van der Waals surface area (Å²) >= 11 is 0. The molecule has 3 atom stereocenters. The lowest BCUT2D eigenvalue weighted by Crippen LogP contribution is -2.45. The molecule has 0 aliphatic heterocycles. The number of nitrogens with one attached hydrogen (secondary N) is 1. The van der Waals surface area contributed by atoms with Crippen LogP contribution >= 0.6 is 7.82 Å². The fourth-order valence-electron chi connectivity index (χ4n) is 8.61. The zero-order valence-electron chi connectivity index (χ0n) is 48.3. The Morgan fingerprint density at radius 1 is 0.493 bits per heavy atom. The van der Waals surface area contributed by atoms with Crippen molar-refractivity contribution in [2.75, 3.05) is 40.9 Å². The van der Waals surface area contributed by atoms with Gasteiger partial charge in [0.05, 0.1) is 39.9 Å². The molecule has 0 rings (SSSR count). The van der Waals surface area contributed by atoms with Crippen LogP contribution in [0.5, 0.6) is 0 Å². The van der Waals surface area contributed by atoms with Gasteiger partial charge in [0.15, 0.2) is 0 Å². The predicted molar refractivity (Wildman–Crippen MR) is 316 cm³/mol. The van der Waals surface area contributed by atoms with E-state index in [-0.39, 0.29) is 12.5 Å². The van der Waals surface area contributed by atoms with Gasteiger partial charge in [-0.1, -0.05) is 266 Å². The number of phosphoric ester groups is 1. The fourth-order valence-corrected chi connectivity index (χ4v) is 9.33. The first-order valence-corrected chi connectivity index (χ1v) is 31.9. The molecule has 0 aliphatic rings. The molecule has 0 aromatic rings. The molecule has 0 aromatic heterocycles. The number of hydrogen-bond donors (Lipinski definition) is 2. The Balaban J connectivity index is 3.99. The van der Waals surface area contributed by atoms with Crippen molar-refractivity contribution in [3.8, 4) is 0 Å². The molecule has 0 saturated carbocycles. The summed E-state index contributed by atoms with van der Waals surface area (Å²) in [7, 11) is 1.24. The number of amides is 1. The van der Waals surface area contributed by atoms with Crippen LogP contribution in [0.3, 0.4) is 0 Å². The lowest BCUT2D eigenvalue weighted by Gasteiger charge is -2.29. The number of likely N-dealkylation sites (N-methyl/N-ethyl adjacent to an activating group) is 1. The van der Waals surface area contributed by atoms with Gasteiger partial charge in [0.25, 0.3) is 7.82 Å². The first kappa shape index (κ1) is 70.7. The Kier molecular flexibility index (Phi) is 52.7. The molecule has 1 amide bonds. The maximum atomic E-state index is 13.0. The number of allylic oxidation sites excluding steroid dienone is 13. The van der Waals surface area contributed by atoms with Crippen molar-refractivity contribution >= 4 is 13.7 Å². The Bertz CT molecular complexity index is 1460. The summed E-state index contributed by atoms with van der Waals surface area (Å²) in [4.78, 5) is 25.5. The second kappa shape index (κ2) is 54.5. The molecule has 0 aromatic carbocycles. The largest absolute Gasteiger partial charge is 0.756 e. The van der Waals surface area contributed by atoms with Gasteiger partial charge < -0.3 is 28.8 Å². The fraction of sp³-hybridized carbons (Fsp3) is 0.766. The zero-order chi connectivity index (χ0) is 53.5. The van der Waals surface area contributed by atoms with Crippen molar-refractivity contribution in [1.29, 1.82) is 0 Å². The highest BCUT2D eigenvalue weighted by atomic mass is 31.2. The van der Waals surface area contributed by atoms with E-state index in [1.807, 2.05) is 27.2 Å². The first-order chi connectivity index (χ1) is 35.5. The minimum Gasteiger partial charge on any atom is -0.756 e. The summed E-state index contributed by atoms with van der Waals surface area (Å²) in [5, 5.41) is 13.8. The molecule has 0 aliphatic carbocycles. The highest BCUT2D eigenvalue weighted by Gasteiger charge is 2.23. The quantitative estimate of drug-likeness (QED) is 0.0272. The average molecular weight is 1040 g/mol. The number of phosphoric acid groups is 1. The van der Waals surface area contributed by atoms with Crippen LogP contribution in [0.25, 0.3) is 0 Å². The van der Waals surface area contributed by atoms with E-state index in [0.717, 1.165) is 70.6 Å². The zero-order valence-corrected chi connectivity index (χ0v) is 49.2. The van der Waals surface area contributed by atoms with E-state index in [1.54, 1.807) is 6.08 Å². The molecule has 9 heteroatoms. The van der Waals surface area contributed by atoms with Crippen molar-refractivity contribution in [2.24, 2.45) is 0 Å². The predicted octanol–water partition coefficient (Wildman–Crippen LogP) is 18.2. The number of nitrogens with zero attached hydrogens (tertiary/aromatic N) is 1. The Morgan fingerprint density at radius 2 is 0.849 bits per heavy atom. The third kappa shape index (κ3) is 57.2. The Labute approximate surface area is 452 Å². The van der Waals surface area contributed by atoms with Gasteiger partial charge in [-0.2, -0.15) is 0 Å². The van der Waals surface area contributed by atoms with Crippen molar-refractivity contribution in [3.05, 3.63) is 85.1 Å². The van der Waals surface area contributed by atoms with Crippen molar-refractivity contribution in [1.82, 2.24) is 5.32 Å². The smallest absolute Gasteiger partial charge is 0.268 e. The highest BCUT2D eigenvalue weighted by molar-refractivity contribution is 7.45. The SMILES string of the molecule is CC/C=C\C/C=C\C/C=C\C/C=C\C/C=C\CCCCCCCCCCCCCCCCCCCCCCCC(=O)NC(COP(=O)([O-])OCC[N+](C)(C)C)C(O)/C=C/CC/C=C/CCCCCCCCCC. The molecular weight excluding hydrogens is 924 g/mol. The van der Waals surface area contributed by atoms with Crippen LogP contribution in [0.2, 0.25) is 0 Å². The third-order valence-electron chi connectivity index (χ3n) is 13.3. The monoisotopic (exact) mass is 1040 g/mol. The van der Waals surface area contributed by atoms with E-state index in [4.69, 9.17) is 9.05 Å². The molecule has 8 nitrogen and oxygen atoms in total. The second-order valence-electron chi connectivity index (χ2n) is 21.7. The minimum absolute atomic E-state index is 0.00737. The van der Waals surface area contributed by atoms with E-state index in [1.165, 1.54) is 173 Å². The minimum atomic E-state index is -4.60. The van der Waals surface area contributed by atoms with E-state index in [0.29, 0.717) is 17.4 Å². The Hall–Kier alpha value is -2.32. The molecule has 0 heterocycles. The maximum absolute atomic E-state index is 13.0. The maximum Gasteiger partial charge on any atom is 0.268 e. The summed E-state index contributed by atoms with van der Waals surface area (Å²) in [5.41, 5.74) is 0. The summed E-state index contributed by atoms with van der Waals surface area (Å²) < 4.78 is 23.3. The van der Waals surface area contributed by atoms with Gasteiger partial charge in [0, 0.05) is 6.42 Å². The van der Waals surface area contributed by atoms with E-state index in [2.05, 4.69) is 92.1 Å². The van der Waals surface area contributed by atoms with Gasteiger partial charge in [0.2, 0.25) is 5.91 Å². The van der Waals surface area contributed by atoms with Crippen molar-refractivity contribution in [3.63, 3.8) is 0 Å². The molecule has 0 saturated heterocycles. The van der Waals surface area contributed by atoms with Crippen LogP contribution in [0.4, 0.5) is 0 Å². The number of quaternary nitrogens is 1. The Morgan fingerprint density at radius 3 is 1.27 bits per heavy atom. The molecule has 0 spiro atoms. The van der Waals surface area contributed by atoms with Crippen molar-refractivity contribution in [2.45, 2.75) is 276 Å². The van der Waals surface area contributed by atoms with Crippen LogP contribution in [-0.2, 0) is 18.4 Å². The van der Waals surface area contributed by atoms with Gasteiger partial charge in [-0.15, -0.1) is 0 Å². The summed E-state index contributed by atoms with van der Waals surface area (Å²) in [5.74, 6) is -0.206. The first-order valence-electron chi connectivity index (χ1n) is 30.4. The van der Waals surface area contributed by atoms with Crippen LogP contribution in [0.1, 0.15) is 264 Å². The normalized spacial score (nSPS) is 14.5. The number of aliphatic hydroxyl groups excluding tert-OH is 1. The lowest BCUT2D eigenvalue weighted by atomic mass is 10.0. The standard InChI is InChI=1S/C64H117N2O6P/c1-6-8-10-12-14-16-18-20-22-23-24-25-26-27-28-29-30-31-32-33-34-35-36-37-38-39-40-41-42-43-44-46-48-50-52-54-56-58-64(68)65-62(61-72-73(69,70)71-60-59-66(3,4)5)63(67)57-55-53-51-49-47-45-21-19-17-15-13-11-9-7-2/h8,10,14,16,20,22,24-25,27-28,47,49,55,57,62-63,67H,6-7,9,11-13,15,17-19,21,23,26,29-46,48,50-54,56,58-61H2,1-5H3,(H-,65,68,69,70)/b10-8-,16-14-,22-20-,25-24-,28-27-,49-47+,57-55+. The molecular formula is C64H117N2O6P. The number of carbonyl (C=O) groups is 1. The molecule has 0 fully saturated rings. The van der Waals surface area contributed by atoms with Gasteiger partial charge in [-0.05, 0) is 77.0 Å². The van der Waals surface area contributed by atoms with Gasteiger partial charge >= 0.3 is 0 Å². The molecule has 2 N–H and O–H groups in total. The molecule has 73 heavy (non-hydrogen) atoms. The van der Waals surface area contributed by atoms with Crippen LogP contribution in [0, 0.1) is 0 Å². The molecule has 0 radical (unpaired) electrons. The van der Waals surface area contributed by atoms with E-state index >= 15 is 0 Å². The van der Waals surface area contributed by atoms with Gasteiger partial charge in [0.1, 0.15) is 13.2 Å². The number of unbranched alkanes of at least 4 members (excludes halogenated alkanes) is 30. The molecule has 424 valence electrons. The van der Waals surface area contributed by atoms with Crippen LogP contribution < -0.4 is 10.2 Å². The highest BCUT2D eigenvalue weighted by Crippen LogP contribution is 2.38. The number of aliphatic hydroxyl groups is 1. The lowest BCUT2D eigenvalue weighted by molar-refractivity contribution is -0.870. The summed E-state index contributed by atoms with van der Waals surface area (Å²) in [6.45, 7) is 4.51. The number of carbonyl (C=O) groups excluding carboxylic acids is 1. The summed E-state index contributed by atoms with van der Waals surface area (Å²) in [6.07, 6.45) is 76.9. The third-order valence-corrected chi connectivity index (χ3v) is 14.3. The van der Waals surface area contributed by atoms with Gasteiger partial charge in [-0.25, -0.2) is 0 Å². The summed E-state index contributed by atoms with van der Waals surface area (Å²) in [6, 6.07) is -0.904. The second-order valence-corrected chi connectivity index (χ2v) is 23.1. The van der Waals surface area contributed by atoms with Crippen LogP contribution in [0.15, 0.2) is 85.1 Å². The number of hydrogen-bond acceptors (Lipinski definition) is 6. The topological polar surface area (TPSA) is 108 Å². The molecule has 0 bridgehead atoms. The van der Waals surface area contributed by atoms with E-state index < -0.39 is 26.6 Å². The number of rotatable bonds is 55. The van der Waals surface area contributed by atoms with Crippen LogP contribution in [-0.4, -0.2) is 68.5 Å². The molecule has 3 unspecified atom stereocenters. The van der Waals surface area contributed by atoms with Gasteiger partial charge in [-0.3, -0.25) is 9.36 Å². The van der Waals surface area contributed by atoms with Crippen molar-refractivity contribution < 1.29 is 32.9 Å².